The second kappa shape index (κ2) is 5.85. The van der Waals surface area contributed by atoms with Crippen molar-refractivity contribution in [2.45, 2.75) is 39.2 Å². The van der Waals surface area contributed by atoms with Crippen molar-refractivity contribution in [1.29, 1.82) is 0 Å². The van der Waals surface area contributed by atoms with Gasteiger partial charge in [0.05, 0.1) is 5.92 Å². The van der Waals surface area contributed by atoms with Gasteiger partial charge in [-0.1, -0.05) is 37.3 Å². The first-order valence-electron chi connectivity index (χ1n) is 6.46. The molecular weight excluding hydrogens is 212 g/mol. The molecule has 0 unspecified atom stereocenters. The van der Waals surface area contributed by atoms with Crippen molar-refractivity contribution in [2.75, 3.05) is 0 Å². The van der Waals surface area contributed by atoms with Crippen molar-refractivity contribution in [2.24, 2.45) is 11.8 Å². The van der Waals surface area contributed by atoms with E-state index >= 15 is 0 Å². The Bertz CT molecular complexity index is 350. The van der Waals surface area contributed by atoms with Crippen molar-refractivity contribution >= 4 is 5.97 Å². The van der Waals surface area contributed by atoms with E-state index in [4.69, 9.17) is 4.74 Å². The maximum atomic E-state index is 11.9. The molecule has 0 amide bonds. The molecule has 0 spiro atoms. The summed E-state index contributed by atoms with van der Waals surface area (Å²) in [6.07, 6.45) is 4.31. The fraction of sp³-hybridized carbons (Fsp3) is 0.533. The first-order chi connectivity index (χ1) is 8.25. The molecule has 1 fully saturated rings. The molecule has 0 radical (unpaired) electrons. The molecule has 0 atom stereocenters. The highest BCUT2D eigenvalue weighted by molar-refractivity contribution is 5.72. The summed E-state index contributed by atoms with van der Waals surface area (Å²) >= 11 is 0. The first-order valence-corrected chi connectivity index (χ1v) is 6.46. The van der Waals surface area contributed by atoms with Gasteiger partial charge in [0.15, 0.2) is 0 Å². The van der Waals surface area contributed by atoms with E-state index in [1.165, 1.54) is 0 Å². The molecule has 1 aliphatic carbocycles. The van der Waals surface area contributed by atoms with E-state index in [0.717, 1.165) is 37.2 Å². The predicted octanol–water partition coefficient (Wildman–Crippen LogP) is 3.56. The van der Waals surface area contributed by atoms with Gasteiger partial charge in [-0.05, 0) is 37.2 Å². The fourth-order valence-corrected chi connectivity index (χ4v) is 2.34. The van der Waals surface area contributed by atoms with Crippen molar-refractivity contribution in [3.63, 3.8) is 0 Å². The third kappa shape index (κ3) is 3.58. The molecule has 92 valence electrons. The van der Waals surface area contributed by atoms with Gasteiger partial charge in [0, 0.05) is 0 Å². The normalized spacial score (nSPS) is 24.3. The van der Waals surface area contributed by atoms with Gasteiger partial charge < -0.3 is 4.74 Å². The predicted molar refractivity (Wildman–Crippen MR) is 67.4 cm³/mol. The molecule has 0 aliphatic heterocycles. The minimum absolute atomic E-state index is 0.0132. The Hall–Kier alpha value is -1.31. The zero-order valence-electron chi connectivity index (χ0n) is 10.4. The molecule has 0 aromatic heterocycles. The van der Waals surface area contributed by atoms with Crippen molar-refractivity contribution in [3.05, 3.63) is 35.9 Å². The number of carbonyl (C=O) groups excluding carboxylic acids is 1. The molecule has 17 heavy (non-hydrogen) atoms. The molecule has 1 aromatic rings. The third-order valence-electron chi connectivity index (χ3n) is 3.57. The largest absolute Gasteiger partial charge is 0.461 e. The molecule has 2 rings (SSSR count). The average Bonchev–Trinajstić information content (AvgIpc) is 2.38. The fourth-order valence-electron chi connectivity index (χ4n) is 2.34. The molecule has 0 bridgehead atoms. The monoisotopic (exact) mass is 232 g/mol. The third-order valence-corrected chi connectivity index (χ3v) is 3.57. The molecule has 0 N–H and O–H groups in total. The van der Waals surface area contributed by atoms with Crippen LogP contribution in [0.1, 0.15) is 38.2 Å². The van der Waals surface area contributed by atoms with Crippen LogP contribution in [0.3, 0.4) is 0 Å². The van der Waals surface area contributed by atoms with Crippen LogP contribution in [-0.4, -0.2) is 5.97 Å². The topological polar surface area (TPSA) is 26.3 Å². The molecule has 0 heterocycles. The summed E-state index contributed by atoms with van der Waals surface area (Å²) in [7, 11) is 0. The summed E-state index contributed by atoms with van der Waals surface area (Å²) in [6, 6.07) is 9.86. The van der Waals surface area contributed by atoms with Crippen molar-refractivity contribution in [3.8, 4) is 0 Å². The number of hydrogen-bond donors (Lipinski definition) is 0. The van der Waals surface area contributed by atoms with E-state index in [2.05, 4.69) is 6.92 Å². The Morgan fingerprint density at radius 1 is 1.18 bits per heavy atom. The standard InChI is InChI=1S/C15H20O2/c1-12-7-9-14(10-8-12)15(16)17-11-13-5-3-2-4-6-13/h2-6,12,14H,7-11H2,1H3. The zero-order valence-corrected chi connectivity index (χ0v) is 10.4. The lowest BCUT2D eigenvalue weighted by molar-refractivity contribution is -0.151. The smallest absolute Gasteiger partial charge is 0.309 e. The summed E-state index contributed by atoms with van der Waals surface area (Å²) in [5.74, 6) is 0.892. The van der Waals surface area contributed by atoms with Crippen LogP contribution in [0.5, 0.6) is 0 Å². The first kappa shape index (κ1) is 12.2. The highest BCUT2D eigenvalue weighted by atomic mass is 16.5. The average molecular weight is 232 g/mol. The summed E-state index contributed by atoms with van der Waals surface area (Å²) in [5, 5.41) is 0. The number of carbonyl (C=O) groups is 1. The number of ether oxygens (including phenoxy) is 1. The van der Waals surface area contributed by atoms with E-state index < -0.39 is 0 Å². The van der Waals surface area contributed by atoms with Crippen LogP contribution in [0.4, 0.5) is 0 Å². The Morgan fingerprint density at radius 3 is 2.47 bits per heavy atom. The van der Waals surface area contributed by atoms with Gasteiger partial charge in [-0.25, -0.2) is 0 Å². The molecule has 1 aromatic carbocycles. The van der Waals surface area contributed by atoms with Crippen LogP contribution >= 0.6 is 0 Å². The molecular formula is C15H20O2. The summed E-state index contributed by atoms with van der Waals surface area (Å²) in [6.45, 7) is 2.66. The Morgan fingerprint density at radius 2 is 1.82 bits per heavy atom. The Labute approximate surface area is 103 Å². The molecule has 1 aliphatic rings. The van der Waals surface area contributed by atoms with Crippen LogP contribution in [0.2, 0.25) is 0 Å². The van der Waals surface area contributed by atoms with Crippen LogP contribution in [0, 0.1) is 11.8 Å². The molecule has 1 saturated carbocycles. The van der Waals surface area contributed by atoms with E-state index in [9.17, 15) is 4.79 Å². The number of rotatable bonds is 3. The Kier molecular flexibility index (Phi) is 4.18. The summed E-state index contributed by atoms with van der Waals surface area (Å²) in [5.41, 5.74) is 1.06. The van der Waals surface area contributed by atoms with Crippen molar-refractivity contribution < 1.29 is 9.53 Å². The maximum absolute atomic E-state index is 11.9. The highest BCUT2D eigenvalue weighted by Crippen LogP contribution is 2.29. The summed E-state index contributed by atoms with van der Waals surface area (Å²) in [4.78, 5) is 11.9. The second-order valence-corrected chi connectivity index (χ2v) is 5.05. The van der Waals surface area contributed by atoms with Gasteiger partial charge in [-0.3, -0.25) is 4.79 Å². The highest BCUT2D eigenvalue weighted by Gasteiger charge is 2.25. The van der Waals surface area contributed by atoms with Gasteiger partial charge >= 0.3 is 5.97 Å². The lowest BCUT2D eigenvalue weighted by Crippen LogP contribution is -2.22. The van der Waals surface area contributed by atoms with Gasteiger partial charge in [0.1, 0.15) is 6.61 Å². The van der Waals surface area contributed by atoms with Crippen LogP contribution < -0.4 is 0 Å². The molecule has 2 nitrogen and oxygen atoms in total. The van der Waals surface area contributed by atoms with Gasteiger partial charge in [-0.15, -0.1) is 0 Å². The van der Waals surface area contributed by atoms with Crippen LogP contribution in [0.25, 0.3) is 0 Å². The number of esters is 1. The van der Waals surface area contributed by atoms with E-state index in [1.54, 1.807) is 0 Å². The SMILES string of the molecule is CC1CCC(C(=O)OCc2ccccc2)CC1. The van der Waals surface area contributed by atoms with Crippen LogP contribution in [-0.2, 0) is 16.1 Å². The Balaban J connectivity index is 1.78. The molecule has 2 heteroatoms. The molecule has 0 saturated heterocycles. The quantitative estimate of drug-likeness (QED) is 0.745. The second-order valence-electron chi connectivity index (χ2n) is 5.05. The summed E-state index contributed by atoms with van der Waals surface area (Å²) < 4.78 is 5.36. The van der Waals surface area contributed by atoms with Gasteiger partial charge in [0.2, 0.25) is 0 Å². The number of hydrogen-bond acceptors (Lipinski definition) is 2. The lowest BCUT2D eigenvalue weighted by atomic mass is 9.83. The zero-order chi connectivity index (χ0) is 12.1. The van der Waals surface area contributed by atoms with Crippen molar-refractivity contribution in [1.82, 2.24) is 0 Å². The lowest BCUT2D eigenvalue weighted by Gasteiger charge is -2.24. The minimum atomic E-state index is -0.0132. The minimum Gasteiger partial charge on any atom is -0.461 e. The van der Waals surface area contributed by atoms with E-state index in [1.807, 2.05) is 30.3 Å². The maximum Gasteiger partial charge on any atom is 0.309 e. The van der Waals surface area contributed by atoms with E-state index in [0.29, 0.717) is 6.61 Å². The number of benzene rings is 1. The van der Waals surface area contributed by atoms with Gasteiger partial charge in [0.25, 0.3) is 0 Å². The van der Waals surface area contributed by atoms with E-state index in [-0.39, 0.29) is 11.9 Å². The van der Waals surface area contributed by atoms with Crippen LogP contribution in [0.15, 0.2) is 30.3 Å². The van der Waals surface area contributed by atoms with Gasteiger partial charge in [-0.2, -0.15) is 0 Å².